The third-order valence-corrected chi connectivity index (χ3v) is 5.15. The summed E-state index contributed by atoms with van der Waals surface area (Å²) in [7, 11) is -4.45. The maximum atomic E-state index is 13.7. The highest BCUT2D eigenvalue weighted by molar-refractivity contribution is 7.92. The van der Waals surface area contributed by atoms with Crippen molar-refractivity contribution in [2.24, 2.45) is 0 Å². The molecular formula is C19H12F5N3O2S. The number of sulfonamides is 1. The number of hydrogen-bond donors (Lipinski definition) is 1. The minimum absolute atomic E-state index is 0.154. The Balaban J connectivity index is 2.15. The molecule has 2 heterocycles. The van der Waals surface area contributed by atoms with Gasteiger partial charge in [0.2, 0.25) is 5.95 Å². The van der Waals surface area contributed by atoms with Crippen LogP contribution in [0.3, 0.4) is 0 Å². The van der Waals surface area contributed by atoms with E-state index in [1.165, 1.54) is 12.1 Å². The molecule has 2 aromatic heterocycles. The molecule has 156 valence electrons. The van der Waals surface area contributed by atoms with Gasteiger partial charge in [-0.3, -0.25) is 4.72 Å². The van der Waals surface area contributed by atoms with E-state index in [0.717, 1.165) is 36.4 Å². The number of benzene rings is 1. The zero-order valence-corrected chi connectivity index (χ0v) is 15.7. The van der Waals surface area contributed by atoms with Crippen LogP contribution in [0.15, 0.2) is 60.1 Å². The summed E-state index contributed by atoms with van der Waals surface area (Å²) in [6, 6.07) is 7.51. The second-order valence-electron chi connectivity index (χ2n) is 5.93. The number of halogens is 5. The summed E-state index contributed by atoms with van der Waals surface area (Å²) >= 11 is 0. The summed E-state index contributed by atoms with van der Waals surface area (Å²) in [5, 5.41) is -0.691. The zero-order valence-electron chi connectivity index (χ0n) is 14.9. The van der Waals surface area contributed by atoms with Crippen molar-refractivity contribution in [2.75, 3.05) is 4.72 Å². The van der Waals surface area contributed by atoms with Gasteiger partial charge in [-0.1, -0.05) is 24.8 Å². The lowest BCUT2D eigenvalue weighted by atomic mass is 9.99. The van der Waals surface area contributed by atoms with Crippen molar-refractivity contribution in [3.8, 4) is 11.3 Å². The van der Waals surface area contributed by atoms with Crippen molar-refractivity contribution in [1.82, 2.24) is 9.97 Å². The van der Waals surface area contributed by atoms with Gasteiger partial charge < -0.3 is 0 Å². The van der Waals surface area contributed by atoms with E-state index in [0.29, 0.717) is 6.07 Å². The van der Waals surface area contributed by atoms with Gasteiger partial charge in [-0.2, -0.15) is 26.0 Å². The van der Waals surface area contributed by atoms with E-state index in [1.807, 2.05) is 4.72 Å². The first kappa shape index (κ1) is 21.4. The van der Waals surface area contributed by atoms with Crippen LogP contribution < -0.4 is 4.72 Å². The summed E-state index contributed by atoms with van der Waals surface area (Å²) in [6.45, 7) is 3.48. The van der Waals surface area contributed by atoms with Crippen LogP contribution >= 0.6 is 0 Å². The van der Waals surface area contributed by atoms with Gasteiger partial charge in [0.25, 0.3) is 10.0 Å². The van der Waals surface area contributed by atoms with E-state index >= 15 is 0 Å². The Bertz CT molecular complexity index is 1230. The Labute approximate surface area is 168 Å². The fourth-order valence-electron chi connectivity index (χ4n) is 2.59. The van der Waals surface area contributed by atoms with Gasteiger partial charge in [0.15, 0.2) is 5.03 Å². The molecule has 30 heavy (non-hydrogen) atoms. The van der Waals surface area contributed by atoms with E-state index in [-0.39, 0.29) is 11.1 Å². The van der Waals surface area contributed by atoms with Crippen LogP contribution in [-0.2, 0) is 16.2 Å². The first-order valence-corrected chi connectivity index (χ1v) is 9.65. The van der Waals surface area contributed by atoms with E-state index < -0.39 is 50.1 Å². The Morgan fingerprint density at radius 3 is 2.37 bits per heavy atom. The maximum Gasteiger partial charge on any atom is 0.418 e. The highest BCUT2D eigenvalue weighted by Crippen LogP contribution is 2.38. The van der Waals surface area contributed by atoms with Gasteiger partial charge in [0.05, 0.1) is 11.3 Å². The van der Waals surface area contributed by atoms with Crippen molar-refractivity contribution in [2.45, 2.75) is 11.2 Å². The van der Waals surface area contributed by atoms with Gasteiger partial charge in [-0.25, -0.2) is 14.4 Å². The van der Waals surface area contributed by atoms with E-state index in [9.17, 15) is 30.4 Å². The van der Waals surface area contributed by atoms with Crippen molar-refractivity contribution in [1.29, 1.82) is 0 Å². The topological polar surface area (TPSA) is 72.0 Å². The minimum Gasteiger partial charge on any atom is -0.262 e. The van der Waals surface area contributed by atoms with E-state index in [1.54, 1.807) is 0 Å². The molecule has 0 aliphatic heterocycles. The molecule has 0 aliphatic rings. The molecule has 0 saturated carbocycles. The molecule has 1 aromatic carbocycles. The number of alkyl halides is 3. The molecule has 0 fully saturated rings. The first-order valence-electron chi connectivity index (χ1n) is 8.17. The molecule has 3 rings (SSSR count). The average Bonchev–Trinajstić information content (AvgIpc) is 2.66. The number of hydrogen-bond acceptors (Lipinski definition) is 4. The monoisotopic (exact) mass is 441 g/mol. The molecule has 5 nitrogen and oxygen atoms in total. The van der Waals surface area contributed by atoms with Gasteiger partial charge in [-0.15, -0.1) is 0 Å². The molecule has 0 spiro atoms. The average molecular weight is 441 g/mol. The molecule has 0 amide bonds. The highest BCUT2D eigenvalue weighted by Gasteiger charge is 2.35. The second kappa shape index (κ2) is 7.82. The van der Waals surface area contributed by atoms with Crippen molar-refractivity contribution < 1.29 is 30.4 Å². The Morgan fingerprint density at radius 1 is 1.00 bits per heavy atom. The number of nitrogens with zero attached hydrogens (tertiary/aromatic N) is 2. The maximum absolute atomic E-state index is 13.7. The van der Waals surface area contributed by atoms with Gasteiger partial charge >= 0.3 is 6.18 Å². The second-order valence-corrected chi connectivity index (χ2v) is 7.56. The fourth-order valence-corrected chi connectivity index (χ4v) is 3.55. The summed E-state index contributed by atoms with van der Waals surface area (Å²) in [5.74, 6) is -2.38. The predicted molar refractivity (Wildman–Crippen MR) is 99.7 cm³/mol. The van der Waals surface area contributed by atoms with Gasteiger partial charge in [0.1, 0.15) is 11.6 Å². The number of anilines is 1. The van der Waals surface area contributed by atoms with Crippen LogP contribution in [0.4, 0.5) is 27.8 Å². The van der Waals surface area contributed by atoms with Crippen LogP contribution in [0, 0.1) is 11.8 Å². The normalized spacial score (nSPS) is 11.9. The molecule has 0 saturated heterocycles. The minimum atomic E-state index is -4.85. The Kier molecular flexibility index (Phi) is 5.57. The van der Waals surface area contributed by atoms with Crippen molar-refractivity contribution in [3.63, 3.8) is 0 Å². The SMILES string of the molecule is C=Cc1ccc(F)cc1-c1nc(NS(=O)(=O)c2cccc(F)n2)ccc1C(F)(F)F. The predicted octanol–water partition coefficient (Wildman–Crippen LogP) is 4.88. The van der Waals surface area contributed by atoms with Crippen LogP contribution in [0.2, 0.25) is 0 Å². The Hall–Kier alpha value is -3.34. The molecule has 3 aromatic rings. The van der Waals surface area contributed by atoms with Crippen LogP contribution in [0.5, 0.6) is 0 Å². The number of aromatic nitrogens is 2. The summed E-state index contributed by atoms with van der Waals surface area (Å²) in [4.78, 5) is 6.98. The molecule has 0 radical (unpaired) electrons. The highest BCUT2D eigenvalue weighted by atomic mass is 32.2. The molecule has 0 unspecified atom stereocenters. The van der Waals surface area contributed by atoms with Gasteiger partial charge in [0, 0.05) is 5.56 Å². The third kappa shape index (κ3) is 4.46. The summed E-state index contributed by atoms with van der Waals surface area (Å²) < 4.78 is 94.2. The van der Waals surface area contributed by atoms with Crippen LogP contribution in [-0.4, -0.2) is 18.4 Å². The largest absolute Gasteiger partial charge is 0.418 e. The smallest absolute Gasteiger partial charge is 0.262 e. The summed E-state index contributed by atoms with van der Waals surface area (Å²) in [6.07, 6.45) is -3.64. The van der Waals surface area contributed by atoms with E-state index in [2.05, 4.69) is 16.5 Å². The third-order valence-electron chi connectivity index (χ3n) is 3.89. The lowest BCUT2D eigenvalue weighted by Gasteiger charge is -2.16. The number of nitrogens with one attached hydrogen (secondary N) is 1. The van der Waals surface area contributed by atoms with Crippen LogP contribution in [0.25, 0.3) is 17.3 Å². The van der Waals surface area contributed by atoms with E-state index in [4.69, 9.17) is 0 Å². The fraction of sp³-hybridized carbons (Fsp3) is 0.0526. The molecular weight excluding hydrogens is 429 g/mol. The quantitative estimate of drug-likeness (QED) is 0.452. The molecule has 0 aliphatic carbocycles. The lowest BCUT2D eigenvalue weighted by molar-refractivity contribution is -0.137. The molecule has 11 heteroatoms. The van der Waals surface area contributed by atoms with Gasteiger partial charge in [-0.05, 0) is 42.0 Å². The lowest BCUT2D eigenvalue weighted by Crippen LogP contribution is -2.17. The van der Waals surface area contributed by atoms with Crippen molar-refractivity contribution >= 4 is 21.9 Å². The Morgan fingerprint density at radius 2 is 1.73 bits per heavy atom. The van der Waals surface area contributed by atoms with Crippen molar-refractivity contribution in [3.05, 3.63) is 78.0 Å². The molecule has 0 bridgehead atoms. The zero-order chi connectivity index (χ0) is 22.1. The number of rotatable bonds is 5. The first-order chi connectivity index (χ1) is 14.0. The molecule has 1 N–H and O–H groups in total. The number of pyridine rings is 2. The molecule has 0 atom stereocenters. The summed E-state index contributed by atoms with van der Waals surface area (Å²) in [5.41, 5.74) is -1.99. The standard InChI is InChI=1S/C19H12F5N3O2S/c1-2-11-6-7-12(20)10-13(11)18-14(19(22,23)24)8-9-16(26-18)27-30(28,29)17-5-3-4-15(21)25-17/h2-10H,1H2,(H,26,27). The van der Waals surface area contributed by atoms with Crippen LogP contribution in [0.1, 0.15) is 11.1 Å².